The number of aliphatic hydroxyl groups excluding tert-OH is 4. The van der Waals surface area contributed by atoms with Crippen molar-refractivity contribution in [3.8, 4) is 11.5 Å². The second-order valence-electron chi connectivity index (χ2n) is 14.3. The molecule has 1 saturated heterocycles. The number of aromatic nitrogens is 3. The number of ether oxygens (including phenoxy) is 4. The molecule has 0 saturated carbocycles. The average molecular weight is 720 g/mol. The number of hydrogen-bond donors (Lipinski definition) is 4. The molecule has 11 nitrogen and oxygen atoms in total. The molecular weight excluding hydrogens is 650 g/mol. The Bertz CT molecular complexity index is 1100. The fraction of sp³-hybridized carbons (Fsp3) is 0.800. The monoisotopic (exact) mass is 720 g/mol. The summed E-state index contributed by atoms with van der Waals surface area (Å²) in [6, 6.07) is 5.96. The zero-order chi connectivity index (χ0) is 36.5. The van der Waals surface area contributed by atoms with Gasteiger partial charge in [-0.15, -0.1) is 5.10 Å². The van der Waals surface area contributed by atoms with Crippen LogP contribution in [0.4, 0.5) is 0 Å². The molecule has 1 aliphatic rings. The summed E-state index contributed by atoms with van der Waals surface area (Å²) in [6.45, 7) is 5.79. The Kier molecular flexibility index (Phi) is 22.4. The molecule has 4 N–H and O–H groups in total. The van der Waals surface area contributed by atoms with E-state index >= 15 is 0 Å². The lowest BCUT2D eigenvalue weighted by Gasteiger charge is -2.39. The fourth-order valence-corrected chi connectivity index (χ4v) is 6.52. The predicted molar refractivity (Wildman–Crippen MR) is 199 cm³/mol. The van der Waals surface area contributed by atoms with Gasteiger partial charge in [-0.25, -0.2) is 4.68 Å². The van der Waals surface area contributed by atoms with Crippen LogP contribution in [-0.2, 0) is 22.7 Å². The molecule has 0 radical (unpaired) electrons. The molecule has 1 fully saturated rings. The summed E-state index contributed by atoms with van der Waals surface area (Å²) in [5.74, 6) is 1.55. The first-order chi connectivity index (χ1) is 25.0. The van der Waals surface area contributed by atoms with Crippen molar-refractivity contribution >= 4 is 0 Å². The molecule has 292 valence electrons. The minimum absolute atomic E-state index is 0.149. The zero-order valence-corrected chi connectivity index (χ0v) is 31.6. The Morgan fingerprint density at radius 1 is 0.627 bits per heavy atom. The molecule has 0 spiro atoms. The minimum Gasteiger partial charge on any atom is -0.493 e. The zero-order valence-electron chi connectivity index (χ0n) is 31.6. The number of benzene rings is 1. The summed E-state index contributed by atoms with van der Waals surface area (Å²) < 4.78 is 25.2. The second-order valence-corrected chi connectivity index (χ2v) is 14.3. The van der Waals surface area contributed by atoms with Crippen LogP contribution in [0, 0.1) is 0 Å². The van der Waals surface area contributed by atoms with E-state index in [0.717, 1.165) is 29.9 Å². The van der Waals surface area contributed by atoms with Crippen LogP contribution in [0.1, 0.15) is 160 Å². The lowest BCUT2D eigenvalue weighted by molar-refractivity contribution is -0.254. The van der Waals surface area contributed by atoms with Gasteiger partial charge >= 0.3 is 0 Å². The maximum atomic E-state index is 10.4. The second kappa shape index (κ2) is 26.5. The fourth-order valence-electron chi connectivity index (χ4n) is 6.52. The molecule has 0 bridgehead atoms. The molecule has 5 atom stereocenters. The van der Waals surface area contributed by atoms with Gasteiger partial charge in [-0.2, -0.15) is 0 Å². The summed E-state index contributed by atoms with van der Waals surface area (Å²) in [4.78, 5) is 0. The number of hydrogen-bond acceptors (Lipinski definition) is 10. The lowest BCUT2D eigenvalue weighted by atomic mass is 9.98. The quantitative estimate of drug-likeness (QED) is 0.0596. The molecule has 0 unspecified atom stereocenters. The van der Waals surface area contributed by atoms with Gasteiger partial charge in [0.15, 0.2) is 6.23 Å². The third-order valence-corrected chi connectivity index (χ3v) is 9.68. The molecule has 2 heterocycles. The van der Waals surface area contributed by atoms with Crippen molar-refractivity contribution < 1.29 is 39.4 Å². The van der Waals surface area contributed by atoms with Gasteiger partial charge in [-0.05, 0) is 30.5 Å². The van der Waals surface area contributed by atoms with E-state index in [1.165, 1.54) is 120 Å². The van der Waals surface area contributed by atoms with Gasteiger partial charge in [-0.1, -0.05) is 135 Å². The van der Waals surface area contributed by atoms with Crippen molar-refractivity contribution in [3.05, 3.63) is 35.7 Å². The largest absolute Gasteiger partial charge is 0.493 e. The van der Waals surface area contributed by atoms with Crippen LogP contribution < -0.4 is 9.47 Å². The van der Waals surface area contributed by atoms with Crippen LogP contribution in [0.25, 0.3) is 0 Å². The Labute approximate surface area is 307 Å². The van der Waals surface area contributed by atoms with Gasteiger partial charge in [0.25, 0.3) is 0 Å². The molecule has 1 aromatic carbocycles. The van der Waals surface area contributed by atoms with Crippen LogP contribution in [-0.4, -0.2) is 79.7 Å². The van der Waals surface area contributed by atoms with Crippen LogP contribution in [0.2, 0.25) is 0 Å². The van der Waals surface area contributed by atoms with Gasteiger partial charge in [-0.3, -0.25) is 0 Å². The Morgan fingerprint density at radius 2 is 1.12 bits per heavy atom. The van der Waals surface area contributed by atoms with E-state index < -0.39 is 37.3 Å². The molecule has 0 aliphatic carbocycles. The first-order valence-electron chi connectivity index (χ1n) is 20.1. The minimum atomic E-state index is -1.49. The SMILES string of the molecule is CCCCCCCCCCCCOc1cc(COCc2cn([C@H]3O[C@H](CO)[C@@H](O)[C@H](O)[C@@H]3O)nn2)cc(OCCCCCCCCCCCC)c1. The molecule has 11 heteroatoms. The number of unbranched alkanes of at least 4 members (excludes halogenated alkanes) is 18. The Hall–Kier alpha value is -2.28. The molecule has 51 heavy (non-hydrogen) atoms. The standard InChI is InChI=1S/C40H69N3O8/c1-3-5-7-9-11-13-15-17-19-21-23-49-34-25-32(26-35(27-34)50-24-22-20-18-16-14-12-10-8-6-4-2)30-48-31-33-28-43(42-41-33)40-39(47)38(46)37(45)36(29-44)51-40/h25-28,36-40,44-47H,3-24,29-31H2,1-2H3/t36-,37-,38+,39+,40+/m1/s1. The van der Waals surface area contributed by atoms with Gasteiger partial charge in [0.2, 0.25) is 0 Å². The van der Waals surface area contributed by atoms with E-state index in [4.69, 9.17) is 18.9 Å². The van der Waals surface area contributed by atoms with Gasteiger partial charge < -0.3 is 39.4 Å². The van der Waals surface area contributed by atoms with E-state index in [0.29, 0.717) is 25.5 Å². The van der Waals surface area contributed by atoms with Gasteiger partial charge in [0, 0.05) is 6.07 Å². The molecule has 0 amide bonds. The summed E-state index contributed by atoms with van der Waals surface area (Å²) in [6.07, 6.45) is 20.6. The highest BCUT2D eigenvalue weighted by Crippen LogP contribution is 2.28. The molecular formula is C40H69N3O8. The lowest BCUT2D eigenvalue weighted by Crippen LogP contribution is -2.56. The number of nitrogens with zero attached hydrogens (tertiary/aromatic N) is 3. The topological polar surface area (TPSA) is 149 Å². The normalized spacial score (nSPS) is 20.5. The number of rotatable bonds is 30. The summed E-state index contributed by atoms with van der Waals surface area (Å²) in [5, 5.41) is 48.3. The van der Waals surface area contributed by atoms with Crippen molar-refractivity contribution in [1.82, 2.24) is 15.0 Å². The van der Waals surface area contributed by atoms with E-state index in [2.05, 4.69) is 24.2 Å². The van der Waals surface area contributed by atoms with Crippen molar-refractivity contribution in [2.75, 3.05) is 19.8 Å². The van der Waals surface area contributed by atoms with Crippen molar-refractivity contribution in [2.24, 2.45) is 0 Å². The third-order valence-electron chi connectivity index (χ3n) is 9.68. The Balaban J connectivity index is 1.46. The maximum Gasteiger partial charge on any atom is 0.180 e. The summed E-state index contributed by atoms with van der Waals surface area (Å²) >= 11 is 0. The smallest absolute Gasteiger partial charge is 0.180 e. The van der Waals surface area contributed by atoms with Crippen LogP contribution >= 0.6 is 0 Å². The molecule has 2 aromatic rings. The predicted octanol–water partition coefficient (Wildman–Crippen LogP) is 7.57. The van der Waals surface area contributed by atoms with Crippen LogP contribution in [0.5, 0.6) is 11.5 Å². The Morgan fingerprint density at radius 3 is 1.61 bits per heavy atom. The molecule has 1 aromatic heterocycles. The van der Waals surface area contributed by atoms with Gasteiger partial charge in [0.05, 0.1) is 39.2 Å². The van der Waals surface area contributed by atoms with E-state index in [-0.39, 0.29) is 6.61 Å². The van der Waals surface area contributed by atoms with Crippen molar-refractivity contribution in [3.63, 3.8) is 0 Å². The first-order valence-corrected chi connectivity index (χ1v) is 20.1. The number of aliphatic hydroxyl groups is 4. The first kappa shape index (κ1) is 43.1. The van der Waals surface area contributed by atoms with Gasteiger partial charge in [0.1, 0.15) is 41.6 Å². The summed E-state index contributed by atoms with van der Waals surface area (Å²) in [5.41, 5.74) is 1.42. The van der Waals surface area contributed by atoms with Crippen LogP contribution in [0.15, 0.2) is 24.4 Å². The van der Waals surface area contributed by atoms with Crippen molar-refractivity contribution in [1.29, 1.82) is 0 Å². The average Bonchev–Trinajstić information content (AvgIpc) is 3.60. The van der Waals surface area contributed by atoms with Crippen molar-refractivity contribution in [2.45, 2.75) is 186 Å². The highest BCUT2D eigenvalue weighted by molar-refractivity contribution is 5.38. The highest BCUT2D eigenvalue weighted by Gasteiger charge is 2.44. The summed E-state index contributed by atoms with van der Waals surface area (Å²) in [7, 11) is 0. The van der Waals surface area contributed by atoms with E-state index in [9.17, 15) is 20.4 Å². The van der Waals surface area contributed by atoms with E-state index in [1.54, 1.807) is 6.20 Å². The maximum absolute atomic E-state index is 10.4. The molecule has 3 rings (SSSR count). The van der Waals surface area contributed by atoms with Crippen LogP contribution in [0.3, 0.4) is 0 Å². The highest BCUT2D eigenvalue weighted by atomic mass is 16.6. The van der Waals surface area contributed by atoms with E-state index in [1.807, 2.05) is 18.2 Å². The molecule has 1 aliphatic heterocycles. The third kappa shape index (κ3) is 16.9.